The number of Topliss-reactive ketones (excluding diaryl/α,β-unsaturated/α-hetero) is 1. The fourth-order valence-electron chi connectivity index (χ4n) is 1.07. The lowest BCUT2D eigenvalue weighted by atomic mass is 10.3. The minimum atomic E-state index is -0.185. The van der Waals surface area contributed by atoms with E-state index in [2.05, 4.69) is 0 Å². The maximum Gasteiger partial charge on any atom is 0.198 e. The van der Waals surface area contributed by atoms with Gasteiger partial charge >= 0.3 is 0 Å². The van der Waals surface area contributed by atoms with Gasteiger partial charge in [-0.05, 0) is 6.07 Å². The number of carbonyl (C=O) groups is 1. The van der Waals surface area contributed by atoms with Crippen LogP contribution in [-0.2, 0) is 0 Å². The first-order valence-corrected chi connectivity index (χ1v) is 4.28. The number of anilines is 1. The molecule has 0 spiro atoms. The van der Waals surface area contributed by atoms with E-state index in [1.165, 1.54) is 17.9 Å². The first-order valence-electron chi connectivity index (χ1n) is 4.28. The van der Waals surface area contributed by atoms with Gasteiger partial charge < -0.3 is 9.32 Å². The number of nitriles is 2. The van der Waals surface area contributed by atoms with Crippen LogP contribution >= 0.6 is 0 Å². The first kappa shape index (κ1) is 10.8. The normalized spacial score (nSPS) is 9.00. The Balaban J connectivity index is 2.88. The highest BCUT2D eigenvalue weighted by molar-refractivity contribution is 5.91. The van der Waals surface area contributed by atoms with Gasteiger partial charge in [-0.3, -0.25) is 4.79 Å². The van der Waals surface area contributed by atoms with Gasteiger partial charge in [0.1, 0.15) is 13.1 Å². The lowest BCUT2D eigenvalue weighted by Gasteiger charge is -2.13. The van der Waals surface area contributed by atoms with Crippen molar-refractivity contribution in [1.82, 2.24) is 0 Å². The molecule has 0 atom stereocenters. The van der Waals surface area contributed by atoms with Crippen molar-refractivity contribution in [2.24, 2.45) is 0 Å². The Morgan fingerprint density at radius 1 is 1.40 bits per heavy atom. The summed E-state index contributed by atoms with van der Waals surface area (Å²) in [7, 11) is 0. The molecule has 0 amide bonds. The highest BCUT2D eigenvalue weighted by Gasteiger charge is 2.12. The van der Waals surface area contributed by atoms with Crippen LogP contribution in [0.2, 0.25) is 0 Å². The molecule has 0 radical (unpaired) electrons. The molecule has 0 N–H and O–H groups in total. The van der Waals surface area contributed by atoms with E-state index in [4.69, 9.17) is 14.9 Å². The lowest BCUT2D eigenvalue weighted by molar-refractivity contribution is 0.0988. The molecule has 0 fully saturated rings. The minimum absolute atomic E-state index is 0.0540. The molecule has 15 heavy (non-hydrogen) atoms. The second-order valence-corrected chi connectivity index (χ2v) is 2.87. The zero-order valence-electron chi connectivity index (χ0n) is 8.23. The number of rotatable bonds is 4. The summed E-state index contributed by atoms with van der Waals surface area (Å²) in [5, 5.41) is 17.1. The molecule has 76 valence electrons. The number of furan rings is 1. The van der Waals surface area contributed by atoms with Gasteiger partial charge in [-0.25, -0.2) is 0 Å². The third kappa shape index (κ3) is 2.58. The number of nitrogens with zero attached hydrogens (tertiary/aromatic N) is 3. The van der Waals surface area contributed by atoms with E-state index in [1.807, 2.05) is 12.1 Å². The molecule has 1 heterocycles. The molecular weight excluding hydrogens is 194 g/mol. The Labute approximate surface area is 87.1 Å². The summed E-state index contributed by atoms with van der Waals surface area (Å²) in [6, 6.07) is 6.94. The van der Waals surface area contributed by atoms with Crippen molar-refractivity contribution in [3.63, 3.8) is 0 Å². The van der Waals surface area contributed by atoms with E-state index < -0.39 is 0 Å². The Morgan fingerprint density at radius 2 is 2.00 bits per heavy atom. The zero-order chi connectivity index (χ0) is 11.3. The summed E-state index contributed by atoms with van der Waals surface area (Å²) < 4.78 is 5.19. The van der Waals surface area contributed by atoms with Gasteiger partial charge in [-0.1, -0.05) is 0 Å². The molecular formula is C10H9N3O2. The van der Waals surface area contributed by atoms with Gasteiger partial charge in [0.25, 0.3) is 0 Å². The Hall–Kier alpha value is -2.27. The lowest BCUT2D eigenvalue weighted by Crippen LogP contribution is -2.23. The molecule has 0 aliphatic carbocycles. The van der Waals surface area contributed by atoms with Crippen LogP contribution in [0.3, 0.4) is 0 Å². The van der Waals surface area contributed by atoms with Gasteiger partial charge in [0.15, 0.2) is 17.4 Å². The predicted octanol–water partition coefficient (Wildman–Crippen LogP) is 1.34. The fraction of sp³-hybridized carbons (Fsp3) is 0.300. The van der Waals surface area contributed by atoms with Crippen molar-refractivity contribution in [1.29, 1.82) is 10.5 Å². The average Bonchev–Trinajstić information content (AvgIpc) is 2.66. The van der Waals surface area contributed by atoms with Crippen molar-refractivity contribution >= 4 is 11.7 Å². The summed E-state index contributed by atoms with van der Waals surface area (Å²) in [4.78, 5) is 12.4. The predicted molar refractivity (Wildman–Crippen MR) is 52.2 cm³/mol. The van der Waals surface area contributed by atoms with Crippen molar-refractivity contribution in [3.8, 4) is 12.1 Å². The second-order valence-electron chi connectivity index (χ2n) is 2.87. The Morgan fingerprint density at radius 3 is 2.40 bits per heavy atom. The molecule has 0 unspecified atom stereocenters. The Kier molecular flexibility index (Phi) is 3.48. The quantitative estimate of drug-likeness (QED) is 0.544. The third-order valence-corrected chi connectivity index (χ3v) is 1.77. The highest BCUT2D eigenvalue weighted by Crippen LogP contribution is 2.18. The van der Waals surface area contributed by atoms with Crippen LogP contribution in [0.15, 0.2) is 16.5 Å². The standard InChI is InChI=1S/C10H9N3O2/c1-8(14)9-2-3-10(15-9)13(6-4-11)7-5-12/h2-3H,6-7H2,1H3. The zero-order valence-corrected chi connectivity index (χ0v) is 8.23. The van der Waals surface area contributed by atoms with E-state index >= 15 is 0 Å². The number of carbonyl (C=O) groups excluding carboxylic acids is 1. The second kappa shape index (κ2) is 4.83. The van der Waals surface area contributed by atoms with E-state index in [0.29, 0.717) is 5.88 Å². The van der Waals surface area contributed by atoms with Crippen LogP contribution in [0.1, 0.15) is 17.5 Å². The summed E-state index contributed by atoms with van der Waals surface area (Å²) >= 11 is 0. The third-order valence-electron chi connectivity index (χ3n) is 1.77. The molecule has 0 saturated carbocycles. The van der Waals surface area contributed by atoms with E-state index in [1.54, 1.807) is 6.07 Å². The molecule has 5 nitrogen and oxygen atoms in total. The summed E-state index contributed by atoms with van der Waals surface area (Å²) in [6.07, 6.45) is 0. The van der Waals surface area contributed by atoms with Crippen LogP contribution in [-0.4, -0.2) is 18.9 Å². The molecule has 0 saturated heterocycles. The van der Waals surface area contributed by atoms with Crippen LogP contribution in [0.4, 0.5) is 5.88 Å². The van der Waals surface area contributed by atoms with Crippen LogP contribution in [0, 0.1) is 22.7 Å². The van der Waals surface area contributed by atoms with Crippen LogP contribution in [0.25, 0.3) is 0 Å². The van der Waals surface area contributed by atoms with Crippen molar-refractivity contribution in [3.05, 3.63) is 17.9 Å². The van der Waals surface area contributed by atoms with E-state index in [-0.39, 0.29) is 24.6 Å². The molecule has 1 rings (SSSR count). The van der Waals surface area contributed by atoms with E-state index in [9.17, 15) is 4.79 Å². The monoisotopic (exact) mass is 203 g/mol. The Bertz CT molecular complexity index is 420. The molecule has 0 bridgehead atoms. The summed E-state index contributed by atoms with van der Waals surface area (Å²) in [5.74, 6) is 0.407. The van der Waals surface area contributed by atoms with E-state index in [0.717, 1.165) is 0 Å². The molecule has 0 aromatic carbocycles. The molecule has 0 aliphatic rings. The van der Waals surface area contributed by atoms with Crippen molar-refractivity contribution < 1.29 is 9.21 Å². The SMILES string of the molecule is CC(=O)c1ccc(N(CC#N)CC#N)o1. The molecule has 5 heteroatoms. The first-order chi connectivity index (χ1) is 7.19. The van der Waals surface area contributed by atoms with Gasteiger partial charge in [0.2, 0.25) is 0 Å². The van der Waals surface area contributed by atoms with Gasteiger partial charge in [-0.15, -0.1) is 0 Å². The largest absolute Gasteiger partial charge is 0.437 e. The van der Waals surface area contributed by atoms with Crippen LogP contribution in [0.5, 0.6) is 0 Å². The summed E-state index contributed by atoms with van der Waals surface area (Å²) in [5.41, 5.74) is 0. The maximum atomic E-state index is 11.0. The maximum absolute atomic E-state index is 11.0. The smallest absolute Gasteiger partial charge is 0.198 e. The average molecular weight is 203 g/mol. The fourth-order valence-corrected chi connectivity index (χ4v) is 1.07. The van der Waals surface area contributed by atoms with Crippen molar-refractivity contribution in [2.75, 3.05) is 18.0 Å². The van der Waals surface area contributed by atoms with Crippen molar-refractivity contribution in [2.45, 2.75) is 6.92 Å². The minimum Gasteiger partial charge on any atom is -0.437 e. The van der Waals surface area contributed by atoms with Crippen LogP contribution < -0.4 is 4.90 Å². The number of hydrogen-bond donors (Lipinski definition) is 0. The van der Waals surface area contributed by atoms with Gasteiger partial charge in [0, 0.05) is 13.0 Å². The number of ketones is 1. The van der Waals surface area contributed by atoms with Gasteiger partial charge in [0.05, 0.1) is 12.1 Å². The number of hydrogen-bond acceptors (Lipinski definition) is 5. The van der Waals surface area contributed by atoms with Gasteiger partial charge in [-0.2, -0.15) is 10.5 Å². The molecule has 1 aromatic heterocycles. The molecule has 1 aromatic rings. The highest BCUT2D eigenvalue weighted by atomic mass is 16.4. The summed E-state index contributed by atoms with van der Waals surface area (Å²) in [6.45, 7) is 1.50. The topological polar surface area (TPSA) is 81.0 Å². The molecule has 0 aliphatic heterocycles.